The highest BCUT2D eigenvalue weighted by Crippen LogP contribution is 2.18. The van der Waals surface area contributed by atoms with Crippen molar-refractivity contribution in [1.29, 1.82) is 0 Å². The molecule has 0 aliphatic rings. The van der Waals surface area contributed by atoms with Gasteiger partial charge in [0.2, 0.25) is 0 Å². The molecule has 0 aliphatic heterocycles. The number of rotatable bonds is 3. The number of aromatic amines is 1. The van der Waals surface area contributed by atoms with E-state index in [1.165, 1.54) is 4.90 Å². The lowest BCUT2D eigenvalue weighted by Gasteiger charge is -2.16. The summed E-state index contributed by atoms with van der Waals surface area (Å²) in [6.07, 6.45) is 3.17. The normalized spacial score (nSPS) is 10.0. The molecule has 0 unspecified atom stereocenters. The first kappa shape index (κ1) is 11.2. The number of hydrogen-bond acceptors (Lipinski definition) is 3. The van der Waals surface area contributed by atoms with E-state index < -0.39 is 0 Å². The van der Waals surface area contributed by atoms with Crippen LogP contribution in [0.1, 0.15) is 10.6 Å². The Morgan fingerprint density at radius 1 is 1.35 bits per heavy atom. The molecule has 1 N–H and O–H groups in total. The number of carbonyl (C=O) groups excluding carboxylic acids is 1. The van der Waals surface area contributed by atoms with Gasteiger partial charge in [0.15, 0.2) is 5.82 Å². The van der Waals surface area contributed by atoms with Gasteiger partial charge >= 0.3 is 0 Å². The summed E-state index contributed by atoms with van der Waals surface area (Å²) in [5.74, 6) is 0.899. The second-order valence-corrected chi connectivity index (χ2v) is 3.50. The molecule has 0 saturated carbocycles. The standard InChI is InChI=1S/C12H13N3O2/c1-15(12(16)11-13-7-8-14-11)9-3-5-10(17-2)6-4-9/h3-8H,1-2H3,(H,13,14). The van der Waals surface area contributed by atoms with Crippen molar-refractivity contribution < 1.29 is 9.53 Å². The quantitative estimate of drug-likeness (QED) is 0.874. The zero-order chi connectivity index (χ0) is 12.3. The van der Waals surface area contributed by atoms with Gasteiger partial charge in [0.25, 0.3) is 5.91 Å². The highest BCUT2D eigenvalue weighted by atomic mass is 16.5. The molecule has 0 atom stereocenters. The maximum Gasteiger partial charge on any atom is 0.293 e. The second-order valence-electron chi connectivity index (χ2n) is 3.50. The molecule has 2 rings (SSSR count). The van der Waals surface area contributed by atoms with E-state index in [0.717, 1.165) is 11.4 Å². The van der Waals surface area contributed by atoms with Gasteiger partial charge in [-0.25, -0.2) is 4.98 Å². The lowest BCUT2D eigenvalue weighted by Crippen LogP contribution is -2.27. The highest BCUT2D eigenvalue weighted by Gasteiger charge is 2.15. The van der Waals surface area contributed by atoms with Crippen LogP contribution in [-0.2, 0) is 0 Å². The third-order valence-electron chi connectivity index (χ3n) is 2.47. The largest absolute Gasteiger partial charge is 0.497 e. The number of nitrogens with one attached hydrogen (secondary N) is 1. The van der Waals surface area contributed by atoms with Gasteiger partial charge in [0.05, 0.1) is 7.11 Å². The number of methoxy groups -OCH3 is 1. The molecule has 1 aromatic heterocycles. The Hall–Kier alpha value is -2.30. The van der Waals surface area contributed by atoms with E-state index >= 15 is 0 Å². The molecule has 1 aromatic carbocycles. The van der Waals surface area contributed by atoms with Crippen molar-refractivity contribution in [1.82, 2.24) is 9.97 Å². The van der Waals surface area contributed by atoms with Crippen molar-refractivity contribution in [2.75, 3.05) is 19.1 Å². The Balaban J connectivity index is 2.19. The first-order valence-electron chi connectivity index (χ1n) is 5.14. The van der Waals surface area contributed by atoms with E-state index in [2.05, 4.69) is 9.97 Å². The first-order chi connectivity index (χ1) is 8.22. The van der Waals surface area contributed by atoms with Crippen LogP contribution in [0.2, 0.25) is 0 Å². The molecule has 1 heterocycles. The summed E-state index contributed by atoms with van der Waals surface area (Å²) in [5, 5.41) is 0. The van der Waals surface area contributed by atoms with Crippen molar-refractivity contribution in [3.8, 4) is 5.75 Å². The number of amides is 1. The van der Waals surface area contributed by atoms with Crippen LogP contribution in [0.4, 0.5) is 5.69 Å². The number of hydrogen-bond donors (Lipinski definition) is 1. The van der Waals surface area contributed by atoms with Gasteiger partial charge < -0.3 is 14.6 Å². The number of H-pyrrole nitrogens is 1. The molecule has 88 valence electrons. The topological polar surface area (TPSA) is 58.2 Å². The fourth-order valence-electron chi connectivity index (χ4n) is 1.46. The van der Waals surface area contributed by atoms with Crippen LogP contribution in [0.25, 0.3) is 0 Å². The molecule has 2 aromatic rings. The van der Waals surface area contributed by atoms with Gasteiger partial charge in [-0.15, -0.1) is 0 Å². The molecule has 0 bridgehead atoms. The van der Waals surface area contributed by atoms with Crippen molar-refractivity contribution in [3.05, 3.63) is 42.5 Å². The first-order valence-corrected chi connectivity index (χ1v) is 5.14. The SMILES string of the molecule is COc1ccc(N(C)C(=O)c2ncc[nH]2)cc1. The fourth-order valence-corrected chi connectivity index (χ4v) is 1.46. The summed E-state index contributed by atoms with van der Waals surface area (Å²) in [6, 6.07) is 7.25. The smallest absolute Gasteiger partial charge is 0.293 e. The molecule has 0 saturated heterocycles. The highest BCUT2D eigenvalue weighted by molar-refractivity contribution is 6.03. The average Bonchev–Trinajstić information content (AvgIpc) is 2.91. The molecule has 5 nitrogen and oxygen atoms in total. The summed E-state index contributed by atoms with van der Waals surface area (Å²) in [4.78, 5) is 20.2. The van der Waals surface area contributed by atoms with Crippen LogP contribution < -0.4 is 9.64 Å². The Morgan fingerprint density at radius 2 is 2.06 bits per heavy atom. The minimum Gasteiger partial charge on any atom is -0.497 e. The number of carbonyl (C=O) groups is 1. The van der Waals surface area contributed by atoms with Gasteiger partial charge in [-0.3, -0.25) is 4.79 Å². The number of aromatic nitrogens is 2. The van der Waals surface area contributed by atoms with Crippen molar-refractivity contribution in [2.24, 2.45) is 0 Å². The van der Waals surface area contributed by atoms with Gasteiger partial charge in [-0.1, -0.05) is 0 Å². The summed E-state index contributed by atoms with van der Waals surface area (Å²) in [6.45, 7) is 0. The minimum absolute atomic E-state index is 0.180. The number of nitrogens with zero attached hydrogens (tertiary/aromatic N) is 2. The van der Waals surface area contributed by atoms with E-state index in [1.54, 1.807) is 38.7 Å². The Bertz CT molecular complexity index is 491. The molecule has 0 radical (unpaired) electrons. The second kappa shape index (κ2) is 4.69. The summed E-state index contributed by atoms with van der Waals surface area (Å²) in [5.41, 5.74) is 0.784. The molecular weight excluding hydrogens is 218 g/mol. The lowest BCUT2D eigenvalue weighted by atomic mass is 10.3. The predicted molar refractivity (Wildman–Crippen MR) is 64.3 cm³/mol. The summed E-state index contributed by atoms with van der Waals surface area (Å²) < 4.78 is 5.06. The van der Waals surface area contributed by atoms with E-state index in [9.17, 15) is 4.79 Å². The number of anilines is 1. The van der Waals surface area contributed by atoms with E-state index in [1.807, 2.05) is 12.1 Å². The van der Waals surface area contributed by atoms with Crippen molar-refractivity contribution in [2.45, 2.75) is 0 Å². The fraction of sp³-hybridized carbons (Fsp3) is 0.167. The van der Waals surface area contributed by atoms with Gasteiger partial charge in [-0.2, -0.15) is 0 Å². The molecule has 0 fully saturated rings. The number of ether oxygens (including phenoxy) is 1. The van der Waals surface area contributed by atoms with Gasteiger partial charge in [-0.05, 0) is 24.3 Å². The van der Waals surface area contributed by atoms with Crippen molar-refractivity contribution in [3.63, 3.8) is 0 Å². The molecule has 17 heavy (non-hydrogen) atoms. The molecule has 5 heteroatoms. The minimum atomic E-state index is -0.180. The van der Waals surface area contributed by atoms with Crippen molar-refractivity contribution >= 4 is 11.6 Å². The maximum absolute atomic E-state index is 12.0. The predicted octanol–water partition coefficient (Wildman–Crippen LogP) is 1.69. The molecule has 1 amide bonds. The Morgan fingerprint density at radius 3 is 2.59 bits per heavy atom. The zero-order valence-electron chi connectivity index (χ0n) is 9.68. The molecule has 0 spiro atoms. The van der Waals surface area contributed by atoms with Crippen LogP contribution in [-0.4, -0.2) is 30.0 Å². The lowest BCUT2D eigenvalue weighted by molar-refractivity contribution is 0.0984. The van der Waals surface area contributed by atoms with Gasteiger partial charge in [0.1, 0.15) is 5.75 Å². The molecule has 0 aliphatic carbocycles. The van der Waals surface area contributed by atoms with E-state index in [0.29, 0.717) is 5.82 Å². The van der Waals surface area contributed by atoms with Gasteiger partial charge in [0, 0.05) is 25.1 Å². The summed E-state index contributed by atoms with van der Waals surface area (Å²) >= 11 is 0. The number of benzene rings is 1. The summed E-state index contributed by atoms with van der Waals surface area (Å²) in [7, 11) is 3.30. The van der Waals surface area contributed by atoms with E-state index in [4.69, 9.17) is 4.74 Å². The zero-order valence-corrected chi connectivity index (χ0v) is 9.68. The number of imidazole rings is 1. The Labute approximate surface area is 99.0 Å². The van der Waals surface area contributed by atoms with E-state index in [-0.39, 0.29) is 5.91 Å². The van der Waals surface area contributed by atoms with Crippen LogP contribution in [0.3, 0.4) is 0 Å². The average molecular weight is 231 g/mol. The van der Waals surface area contributed by atoms with Crippen LogP contribution in [0, 0.1) is 0 Å². The van der Waals surface area contributed by atoms with Crippen LogP contribution >= 0.6 is 0 Å². The third kappa shape index (κ3) is 2.28. The third-order valence-corrected chi connectivity index (χ3v) is 2.47. The van der Waals surface area contributed by atoms with Crippen LogP contribution in [0.15, 0.2) is 36.7 Å². The van der Waals surface area contributed by atoms with Crippen LogP contribution in [0.5, 0.6) is 5.75 Å². The Kier molecular flexibility index (Phi) is 3.09. The molecular formula is C12H13N3O2. The monoisotopic (exact) mass is 231 g/mol. The maximum atomic E-state index is 12.0.